The van der Waals surface area contributed by atoms with E-state index in [2.05, 4.69) is 4.98 Å². The summed E-state index contributed by atoms with van der Waals surface area (Å²) in [7, 11) is 0. The third kappa shape index (κ3) is 6.51. The molecule has 7 rings (SSSR count). The number of esters is 1. The van der Waals surface area contributed by atoms with Gasteiger partial charge in [0, 0.05) is 60.2 Å². The molecule has 3 aliphatic heterocycles. The van der Waals surface area contributed by atoms with E-state index in [1.807, 2.05) is 24.4 Å². The van der Waals surface area contributed by atoms with Crippen LogP contribution in [0.2, 0.25) is 0 Å². The van der Waals surface area contributed by atoms with Crippen molar-refractivity contribution in [3.05, 3.63) is 69.1 Å². The monoisotopic (exact) mass is 745 g/mol. The number of ether oxygens (including phenoxy) is 4. The summed E-state index contributed by atoms with van der Waals surface area (Å²) in [6.45, 7) is 1.79. The fraction of sp³-hybridized carbons (Fsp3) is 0.488. The van der Waals surface area contributed by atoms with E-state index in [1.54, 1.807) is 13.8 Å². The quantitative estimate of drug-likeness (QED) is 0.131. The van der Waals surface area contributed by atoms with Crippen LogP contribution in [0.5, 0.6) is 17.2 Å². The van der Waals surface area contributed by atoms with Crippen LogP contribution in [0.25, 0.3) is 16.5 Å². The highest BCUT2D eigenvalue weighted by Crippen LogP contribution is 2.57. The highest BCUT2D eigenvalue weighted by molar-refractivity contribution is 6.11. The summed E-state index contributed by atoms with van der Waals surface area (Å²) in [5.74, 6) is -3.00. The predicted octanol–water partition coefficient (Wildman–Crippen LogP) is 3.34. The molecular formula is C41H47NO12. The fourth-order valence-electron chi connectivity index (χ4n) is 8.54. The molecule has 1 aromatic heterocycles. The van der Waals surface area contributed by atoms with Gasteiger partial charge in [-0.05, 0) is 87.1 Å². The van der Waals surface area contributed by atoms with Crippen LogP contribution in [0.15, 0.2) is 41.3 Å². The zero-order chi connectivity index (χ0) is 38.3. The smallest absolute Gasteiger partial charge is 0.375 e. The summed E-state index contributed by atoms with van der Waals surface area (Å²) in [5, 5.41) is 54.2. The van der Waals surface area contributed by atoms with Gasteiger partial charge in [0.2, 0.25) is 5.76 Å². The van der Waals surface area contributed by atoms with E-state index in [9.17, 15) is 39.9 Å². The van der Waals surface area contributed by atoms with Crippen LogP contribution in [0.1, 0.15) is 79.7 Å². The highest BCUT2D eigenvalue weighted by atomic mass is 16.6. The first-order valence-electron chi connectivity index (χ1n) is 18.7. The van der Waals surface area contributed by atoms with E-state index in [0.717, 1.165) is 22.0 Å². The van der Waals surface area contributed by atoms with E-state index in [1.165, 1.54) is 0 Å². The average molecular weight is 746 g/mol. The average Bonchev–Trinajstić information content (AvgIpc) is 3.83. The van der Waals surface area contributed by atoms with Crippen molar-refractivity contribution < 1.29 is 58.9 Å². The maximum absolute atomic E-state index is 14.3. The van der Waals surface area contributed by atoms with Crippen LogP contribution in [0.4, 0.5) is 0 Å². The van der Waals surface area contributed by atoms with Crippen molar-refractivity contribution in [2.24, 2.45) is 11.8 Å². The van der Waals surface area contributed by atoms with Gasteiger partial charge in [-0.15, -0.1) is 0 Å². The molecule has 1 fully saturated rings. The van der Waals surface area contributed by atoms with Gasteiger partial charge in [0.15, 0.2) is 6.29 Å². The molecule has 3 aromatic rings. The molecule has 0 spiro atoms. The second kappa shape index (κ2) is 15.3. The zero-order valence-electron chi connectivity index (χ0n) is 30.5. The van der Waals surface area contributed by atoms with E-state index in [-0.39, 0.29) is 103 Å². The number of ketones is 1. The number of aromatic amines is 1. The minimum atomic E-state index is -1.41. The van der Waals surface area contributed by atoms with E-state index >= 15 is 0 Å². The van der Waals surface area contributed by atoms with Crippen molar-refractivity contribution in [3.8, 4) is 17.2 Å². The molecule has 0 amide bonds. The molecule has 0 radical (unpaired) electrons. The van der Waals surface area contributed by atoms with Crippen LogP contribution in [0.3, 0.4) is 0 Å². The Balaban J connectivity index is 1.54. The molecule has 2 aromatic carbocycles. The molecule has 0 saturated heterocycles. The van der Waals surface area contributed by atoms with Crippen LogP contribution >= 0.6 is 0 Å². The number of aliphatic hydroxyl groups excluding tert-OH is 4. The molecule has 1 saturated carbocycles. The SMILES string of the molecule is CCOC(=O)C1=C(C=O)C2=C3CC(CO)C(=O)C(C3)c3cc4cc[nH]c4cc3CCC(CO)COc3c4c(c(CO)c(c32)O1)OC(C(C)(O)CCCO)C4. The van der Waals surface area contributed by atoms with Crippen molar-refractivity contribution in [3.63, 3.8) is 0 Å². The van der Waals surface area contributed by atoms with Crippen molar-refractivity contribution >= 4 is 34.5 Å². The number of hydrogen-bond donors (Lipinski definition) is 6. The second-order valence-corrected chi connectivity index (χ2v) is 14.9. The molecule has 54 heavy (non-hydrogen) atoms. The largest absolute Gasteiger partial charge is 0.492 e. The molecule has 5 unspecified atom stereocenters. The Morgan fingerprint density at radius 3 is 2.61 bits per heavy atom. The minimum Gasteiger partial charge on any atom is -0.492 e. The first-order chi connectivity index (χ1) is 26.1. The molecule has 1 aliphatic carbocycles. The number of aromatic nitrogens is 1. The van der Waals surface area contributed by atoms with Crippen molar-refractivity contribution in [2.75, 3.05) is 33.0 Å². The summed E-state index contributed by atoms with van der Waals surface area (Å²) in [5.41, 5.74) is 2.82. The lowest BCUT2D eigenvalue weighted by atomic mass is 9.70. The third-order valence-electron chi connectivity index (χ3n) is 11.4. The number of carbonyl (C=O) groups excluding carboxylic acids is 3. The number of benzene rings is 2. The Kier molecular flexibility index (Phi) is 10.7. The lowest BCUT2D eigenvalue weighted by Gasteiger charge is -2.34. The van der Waals surface area contributed by atoms with Gasteiger partial charge >= 0.3 is 5.97 Å². The number of carbonyl (C=O) groups is 3. The number of aldehydes is 1. The van der Waals surface area contributed by atoms with Gasteiger partial charge < -0.3 is 49.5 Å². The van der Waals surface area contributed by atoms with Gasteiger partial charge in [-0.25, -0.2) is 4.79 Å². The molecule has 6 N–H and O–H groups in total. The van der Waals surface area contributed by atoms with E-state index < -0.39 is 48.5 Å². The molecule has 13 heteroatoms. The number of aryl methyl sites for hydroxylation is 1. The normalized spacial score (nSPS) is 23.4. The van der Waals surface area contributed by atoms with Gasteiger partial charge in [-0.1, -0.05) is 5.57 Å². The van der Waals surface area contributed by atoms with Gasteiger partial charge in [-0.3, -0.25) is 9.59 Å². The van der Waals surface area contributed by atoms with Crippen LogP contribution in [-0.2, 0) is 38.6 Å². The maximum Gasteiger partial charge on any atom is 0.375 e. The number of fused-ring (bicyclic) bond motifs is 7. The zero-order valence-corrected chi connectivity index (χ0v) is 30.5. The lowest BCUT2D eigenvalue weighted by Crippen LogP contribution is -2.42. The number of allylic oxidation sites excluding steroid dienone is 3. The molecule has 288 valence electrons. The highest BCUT2D eigenvalue weighted by Gasteiger charge is 2.47. The standard InChI is InChI=1S/C41H47NO12/c1-3-51-40(49)39-29(18-46)33-24-11-25(17-45)35(48)27(13-24)26-12-23-7-9-42-31(23)14-22(26)6-5-21(16-44)20-52-37-28-15-32(41(2,50)8-4-10-43)53-36(28)30(19-47)38(54-39)34(33)37/h7,9,12,14,18,21,25,27,32,42-45,47,50H,3-6,8,10-11,13,15-17,19-20H2,1-2H3. The molecule has 2 bridgehead atoms. The summed E-state index contributed by atoms with van der Waals surface area (Å²) in [6.07, 6.45) is 3.35. The summed E-state index contributed by atoms with van der Waals surface area (Å²) >= 11 is 0. The fourth-order valence-corrected chi connectivity index (χ4v) is 8.54. The number of rotatable bonds is 10. The Morgan fingerprint density at radius 2 is 1.91 bits per heavy atom. The van der Waals surface area contributed by atoms with Gasteiger partial charge in [0.05, 0.1) is 48.7 Å². The van der Waals surface area contributed by atoms with Crippen molar-refractivity contribution in [1.82, 2.24) is 4.98 Å². The van der Waals surface area contributed by atoms with E-state index in [4.69, 9.17) is 18.9 Å². The van der Waals surface area contributed by atoms with Gasteiger partial charge in [0.25, 0.3) is 0 Å². The minimum absolute atomic E-state index is 0.00287. The summed E-state index contributed by atoms with van der Waals surface area (Å²) in [6, 6.07) is 5.92. The Morgan fingerprint density at radius 1 is 1.09 bits per heavy atom. The number of nitrogens with one attached hydrogen (secondary N) is 1. The number of hydrogen-bond acceptors (Lipinski definition) is 12. The summed E-state index contributed by atoms with van der Waals surface area (Å²) < 4.78 is 24.7. The van der Waals surface area contributed by atoms with Crippen LogP contribution in [-0.4, -0.2) is 93.3 Å². The maximum atomic E-state index is 14.3. The molecule has 4 heterocycles. The first kappa shape index (κ1) is 37.8. The number of H-pyrrole nitrogens is 1. The van der Waals surface area contributed by atoms with Crippen molar-refractivity contribution in [1.29, 1.82) is 0 Å². The van der Waals surface area contributed by atoms with E-state index in [0.29, 0.717) is 36.7 Å². The third-order valence-corrected chi connectivity index (χ3v) is 11.4. The lowest BCUT2D eigenvalue weighted by molar-refractivity contribution is -0.141. The Bertz CT molecular complexity index is 2040. The van der Waals surface area contributed by atoms with Crippen molar-refractivity contribution in [2.45, 2.75) is 83.0 Å². The van der Waals surface area contributed by atoms with Crippen LogP contribution in [0, 0.1) is 11.8 Å². The predicted molar refractivity (Wildman–Crippen MR) is 195 cm³/mol. The molecule has 13 nitrogen and oxygen atoms in total. The first-order valence-corrected chi connectivity index (χ1v) is 18.7. The Hall–Kier alpha value is -4.53. The Labute approximate surface area is 312 Å². The topological polar surface area (TPSA) is 205 Å². The molecule has 4 aliphatic rings. The second-order valence-electron chi connectivity index (χ2n) is 14.9. The number of Topliss-reactive ketones (excluding diaryl/α,β-unsaturated/α-hetero) is 1. The molecular weight excluding hydrogens is 698 g/mol. The van der Waals surface area contributed by atoms with Gasteiger partial charge in [-0.2, -0.15) is 0 Å². The van der Waals surface area contributed by atoms with Gasteiger partial charge in [0.1, 0.15) is 29.1 Å². The number of aliphatic hydroxyl groups is 5. The summed E-state index contributed by atoms with van der Waals surface area (Å²) in [4.78, 5) is 44.4. The van der Waals surface area contributed by atoms with Crippen LogP contribution < -0.4 is 14.2 Å². The molecule has 5 atom stereocenters.